The van der Waals surface area contributed by atoms with Gasteiger partial charge in [0.15, 0.2) is 0 Å². The lowest BCUT2D eigenvalue weighted by molar-refractivity contribution is -0.130. The molecule has 0 radical (unpaired) electrons. The van der Waals surface area contributed by atoms with E-state index in [1.807, 2.05) is 0 Å². The highest BCUT2D eigenvalue weighted by molar-refractivity contribution is 5.87. The van der Waals surface area contributed by atoms with E-state index in [0.717, 1.165) is 13.0 Å². The summed E-state index contributed by atoms with van der Waals surface area (Å²) >= 11 is 0. The van der Waals surface area contributed by atoms with Crippen molar-refractivity contribution < 1.29 is 4.79 Å². The van der Waals surface area contributed by atoms with Crippen LogP contribution in [0.15, 0.2) is 36.9 Å². The molecule has 1 aliphatic carbocycles. The number of carbonyl (C=O) groups is 1. The first-order valence-electron chi connectivity index (χ1n) is 7.82. The van der Waals surface area contributed by atoms with E-state index in [0.29, 0.717) is 5.92 Å². The molecule has 2 heteroatoms. The summed E-state index contributed by atoms with van der Waals surface area (Å²) in [4.78, 5) is 14.3. The first-order chi connectivity index (χ1) is 9.81. The van der Waals surface area contributed by atoms with Crippen molar-refractivity contribution in [2.24, 2.45) is 5.92 Å². The summed E-state index contributed by atoms with van der Waals surface area (Å²) in [5.41, 5.74) is 2.80. The van der Waals surface area contributed by atoms with Crippen molar-refractivity contribution >= 4 is 5.91 Å². The fraction of sp³-hybridized carbons (Fsp3) is 0.500. The van der Waals surface area contributed by atoms with Gasteiger partial charge in [-0.3, -0.25) is 4.79 Å². The Labute approximate surface area is 121 Å². The number of amides is 1. The van der Waals surface area contributed by atoms with Crippen LogP contribution in [-0.2, 0) is 11.2 Å². The van der Waals surface area contributed by atoms with E-state index in [9.17, 15) is 4.79 Å². The maximum absolute atomic E-state index is 12.2. The Hall–Kier alpha value is -1.57. The van der Waals surface area contributed by atoms with Gasteiger partial charge in [0.05, 0.1) is 6.04 Å². The molecule has 3 rings (SSSR count). The van der Waals surface area contributed by atoms with Crippen molar-refractivity contribution in [3.8, 4) is 0 Å². The van der Waals surface area contributed by atoms with Crippen LogP contribution in [-0.4, -0.2) is 17.4 Å². The van der Waals surface area contributed by atoms with Crippen molar-refractivity contribution in [3.05, 3.63) is 48.0 Å². The van der Waals surface area contributed by atoms with E-state index < -0.39 is 0 Å². The number of carbonyl (C=O) groups excluding carboxylic acids is 1. The highest BCUT2D eigenvalue weighted by Gasteiger charge is 2.35. The number of rotatable bonds is 2. The third-order valence-corrected chi connectivity index (χ3v) is 4.89. The number of fused-ring (bicyclic) bond motifs is 1. The Balaban J connectivity index is 1.97. The monoisotopic (exact) mass is 269 g/mol. The normalized spacial score (nSPS) is 23.2. The molecule has 1 amide bonds. The van der Waals surface area contributed by atoms with E-state index >= 15 is 0 Å². The molecule has 1 aromatic rings. The average molecular weight is 269 g/mol. The zero-order valence-corrected chi connectivity index (χ0v) is 12.1. The van der Waals surface area contributed by atoms with Crippen molar-refractivity contribution in [1.29, 1.82) is 0 Å². The molecule has 1 fully saturated rings. The first-order valence-corrected chi connectivity index (χ1v) is 7.82. The van der Waals surface area contributed by atoms with Gasteiger partial charge in [0.1, 0.15) is 0 Å². The van der Waals surface area contributed by atoms with Crippen LogP contribution in [0.2, 0.25) is 0 Å². The number of nitrogens with zero attached hydrogens (tertiary/aromatic N) is 1. The smallest absolute Gasteiger partial charge is 0.246 e. The lowest BCUT2D eigenvalue weighted by atomic mass is 9.77. The highest BCUT2D eigenvalue weighted by Crippen LogP contribution is 2.41. The van der Waals surface area contributed by atoms with E-state index in [2.05, 4.69) is 35.7 Å². The maximum atomic E-state index is 12.2. The van der Waals surface area contributed by atoms with Gasteiger partial charge < -0.3 is 4.90 Å². The second kappa shape index (κ2) is 5.82. The van der Waals surface area contributed by atoms with Crippen LogP contribution in [0.3, 0.4) is 0 Å². The minimum Gasteiger partial charge on any atom is -0.332 e. The maximum Gasteiger partial charge on any atom is 0.246 e. The molecule has 2 aliphatic rings. The summed E-state index contributed by atoms with van der Waals surface area (Å²) in [6.45, 7) is 4.52. The Morgan fingerprint density at radius 1 is 1.20 bits per heavy atom. The molecule has 1 aromatic carbocycles. The minimum absolute atomic E-state index is 0.0927. The quantitative estimate of drug-likeness (QED) is 0.746. The fourth-order valence-electron chi connectivity index (χ4n) is 3.92. The molecule has 2 nitrogen and oxygen atoms in total. The first kappa shape index (κ1) is 13.4. The van der Waals surface area contributed by atoms with Crippen LogP contribution in [0, 0.1) is 5.92 Å². The second-order valence-corrected chi connectivity index (χ2v) is 6.03. The molecule has 106 valence electrons. The summed E-state index contributed by atoms with van der Waals surface area (Å²) in [7, 11) is 0. The molecule has 1 atom stereocenters. The predicted octanol–water partition coefficient (Wildman–Crippen LogP) is 3.88. The van der Waals surface area contributed by atoms with E-state index in [1.54, 1.807) is 0 Å². The average Bonchev–Trinajstić information content (AvgIpc) is 2.53. The highest BCUT2D eigenvalue weighted by atomic mass is 16.2. The summed E-state index contributed by atoms with van der Waals surface area (Å²) in [6.07, 6.45) is 8.90. The molecule has 0 unspecified atom stereocenters. The van der Waals surface area contributed by atoms with Gasteiger partial charge in [0.25, 0.3) is 0 Å². The fourth-order valence-corrected chi connectivity index (χ4v) is 3.92. The van der Waals surface area contributed by atoms with Crippen LogP contribution < -0.4 is 0 Å². The van der Waals surface area contributed by atoms with Crippen molar-refractivity contribution in [3.63, 3.8) is 0 Å². The number of hydrogen-bond acceptors (Lipinski definition) is 1. The molecule has 0 saturated heterocycles. The Morgan fingerprint density at radius 3 is 2.70 bits per heavy atom. The molecule has 0 N–H and O–H groups in total. The summed E-state index contributed by atoms with van der Waals surface area (Å²) in [5, 5.41) is 0. The van der Waals surface area contributed by atoms with Crippen molar-refractivity contribution in [1.82, 2.24) is 4.90 Å². The van der Waals surface area contributed by atoms with Crippen LogP contribution in [0.5, 0.6) is 0 Å². The van der Waals surface area contributed by atoms with Crippen LogP contribution in [0.4, 0.5) is 0 Å². The van der Waals surface area contributed by atoms with Gasteiger partial charge in [-0.05, 0) is 42.4 Å². The molecule has 1 aliphatic heterocycles. The zero-order chi connectivity index (χ0) is 13.9. The molecule has 1 heterocycles. The third kappa shape index (κ3) is 2.39. The molecule has 0 bridgehead atoms. The third-order valence-electron chi connectivity index (χ3n) is 4.89. The predicted molar refractivity (Wildman–Crippen MR) is 81.4 cm³/mol. The molecular weight excluding hydrogens is 246 g/mol. The van der Waals surface area contributed by atoms with Gasteiger partial charge >= 0.3 is 0 Å². The van der Waals surface area contributed by atoms with Gasteiger partial charge in [-0.15, -0.1) is 0 Å². The van der Waals surface area contributed by atoms with Gasteiger partial charge in [-0.1, -0.05) is 50.1 Å². The van der Waals surface area contributed by atoms with E-state index in [1.165, 1.54) is 49.3 Å². The molecule has 0 spiro atoms. The van der Waals surface area contributed by atoms with E-state index in [-0.39, 0.29) is 11.9 Å². The summed E-state index contributed by atoms with van der Waals surface area (Å²) in [5.74, 6) is 0.712. The molecule has 0 aromatic heterocycles. The Morgan fingerprint density at radius 2 is 1.95 bits per heavy atom. The standard InChI is InChI=1S/C18H23NO/c1-2-17(20)19-13-12-14-8-6-7-11-16(14)18(19)15-9-4-3-5-10-15/h2,6-8,11,15,18H,1,3-5,9-10,12-13H2/t18-/m0/s1. The largest absolute Gasteiger partial charge is 0.332 e. The van der Waals surface area contributed by atoms with Gasteiger partial charge in [0, 0.05) is 6.54 Å². The number of hydrogen-bond donors (Lipinski definition) is 0. The van der Waals surface area contributed by atoms with E-state index in [4.69, 9.17) is 0 Å². The molecule has 20 heavy (non-hydrogen) atoms. The minimum atomic E-state index is 0.0927. The lowest BCUT2D eigenvalue weighted by Gasteiger charge is -2.42. The van der Waals surface area contributed by atoms with Crippen LogP contribution in [0.1, 0.15) is 49.3 Å². The van der Waals surface area contributed by atoms with Crippen LogP contribution >= 0.6 is 0 Å². The summed E-state index contributed by atoms with van der Waals surface area (Å²) < 4.78 is 0. The second-order valence-electron chi connectivity index (χ2n) is 6.03. The van der Waals surface area contributed by atoms with Gasteiger partial charge in [0.2, 0.25) is 5.91 Å². The van der Waals surface area contributed by atoms with Gasteiger partial charge in [-0.25, -0.2) is 0 Å². The van der Waals surface area contributed by atoms with Crippen molar-refractivity contribution in [2.45, 2.75) is 44.6 Å². The number of benzene rings is 1. The van der Waals surface area contributed by atoms with Crippen molar-refractivity contribution in [2.75, 3.05) is 6.54 Å². The summed E-state index contributed by atoms with van der Waals surface area (Å²) in [6, 6.07) is 8.93. The Bertz CT molecular complexity index is 502. The molecule has 1 saturated carbocycles. The lowest BCUT2D eigenvalue weighted by Crippen LogP contribution is -2.42. The van der Waals surface area contributed by atoms with Crippen LogP contribution in [0.25, 0.3) is 0 Å². The SMILES string of the molecule is C=CC(=O)N1CCc2ccccc2[C@@H]1C1CCCCC1. The van der Waals surface area contributed by atoms with Gasteiger partial charge in [-0.2, -0.15) is 0 Å². The zero-order valence-electron chi connectivity index (χ0n) is 12.1. The Kier molecular flexibility index (Phi) is 3.90. The molecular formula is C18H23NO. The topological polar surface area (TPSA) is 20.3 Å².